The minimum absolute atomic E-state index is 0.582. The molecular weight excluding hydrogens is 352 g/mol. The van der Waals surface area contributed by atoms with E-state index in [-0.39, 0.29) is 0 Å². The fourth-order valence-corrected chi connectivity index (χ4v) is 3.12. The van der Waals surface area contributed by atoms with Crippen molar-refractivity contribution in [2.24, 2.45) is 0 Å². The van der Waals surface area contributed by atoms with Crippen LogP contribution in [0.3, 0.4) is 0 Å². The first-order valence-electron chi connectivity index (χ1n) is 9.56. The van der Waals surface area contributed by atoms with E-state index in [1.54, 1.807) is 6.20 Å². The average molecular weight is 376 g/mol. The molecule has 2 aromatic heterocycles. The van der Waals surface area contributed by atoms with E-state index >= 15 is 0 Å². The third-order valence-corrected chi connectivity index (χ3v) is 4.50. The molecule has 28 heavy (non-hydrogen) atoms. The zero-order valence-electron chi connectivity index (χ0n) is 15.9. The molecule has 7 heteroatoms. The largest absolute Gasteiger partial charge is 0.378 e. The quantitative estimate of drug-likeness (QED) is 0.681. The number of rotatable bonds is 6. The first kappa shape index (κ1) is 18.2. The summed E-state index contributed by atoms with van der Waals surface area (Å²) < 4.78 is 5.42. The molecule has 0 bridgehead atoms. The Bertz CT molecular complexity index is 895. The van der Waals surface area contributed by atoms with Gasteiger partial charge in [0.2, 0.25) is 5.95 Å². The molecule has 144 valence electrons. The first-order chi connectivity index (χ1) is 13.8. The van der Waals surface area contributed by atoms with E-state index in [0.717, 1.165) is 55.7 Å². The molecule has 0 saturated carbocycles. The highest BCUT2D eigenvalue weighted by Gasteiger charge is 2.11. The van der Waals surface area contributed by atoms with E-state index in [9.17, 15) is 0 Å². The van der Waals surface area contributed by atoms with Crippen molar-refractivity contribution < 1.29 is 4.74 Å². The predicted molar refractivity (Wildman–Crippen MR) is 112 cm³/mol. The van der Waals surface area contributed by atoms with Crippen molar-refractivity contribution in [2.75, 3.05) is 48.4 Å². The summed E-state index contributed by atoms with van der Waals surface area (Å²) in [5, 5.41) is 6.57. The van der Waals surface area contributed by atoms with Crippen molar-refractivity contribution in [3.8, 4) is 11.4 Å². The molecule has 2 N–H and O–H groups in total. The van der Waals surface area contributed by atoms with E-state index in [4.69, 9.17) is 4.74 Å². The van der Waals surface area contributed by atoms with Crippen molar-refractivity contribution in [3.63, 3.8) is 0 Å². The molecule has 0 spiro atoms. The van der Waals surface area contributed by atoms with Gasteiger partial charge in [0, 0.05) is 43.3 Å². The van der Waals surface area contributed by atoms with Gasteiger partial charge < -0.3 is 20.3 Å². The molecule has 4 rings (SSSR count). The predicted octanol–water partition coefficient (Wildman–Crippen LogP) is 3.55. The van der Waals surface area contributed by atoms with Crippen LogP contribution in [-0.2, 0) is 4.74 Å². The van der Waals surface area contributed by atoms with Gasteiger partial charge in [-0.25, -0.2) is 4.98 Å². The number of ether oxygens (including phenoxy) is 1. The standard InChI is InChI=1S/C21H24N6O/c1-2-22-21-25-19(18-5-3-4-10-23-18)15-20(26-21)24-16-6-8-17(9-7-16)27-11-13-28-14-12-27/h3-10,15H,2,11-14H2,1H3,(H2,22,24,25,26). The van der Waals surface area contributed by atoms with Crippen LogP contribution in [0.25, 0.3) is 11.4 Å². The van der Waals surface area contributed by atoms with Crippen molar-refractivity contribution in [1.82, 2.24) is 15.0 Å². The first-order valence-corrected chi connectivity index (χ1v) is 9.56. The number of aromatic nitrogens is 3. The van der Waals surface area contributed by atoms with E-state index in [0.29, 0.717) is 5.95 Å². The second-order valence-electron chi connectivity index (χ2n) is 6.48. The third kappa shape index (κ3) is 4.37. The molecule has 0 amide bonds. The van der Waals surface area contributed by atoms with Gasteiger partial charge in [-0.2, -0.15) is 4.98 Å². The molecule has 7 nitrogen and oxygen atoms in total. The van der Waals surface area contributed by atoms with Gasteiger partial charge in [-0.05, 0) is 43.3 Å². The number of anilines is 4. The lowest BCUT2D eigenvalue weighted by Crippen LogP contribution is -2.36. The van der Waals surface area contributed by atoms with E-state index in [2.05, 4.69) is 54.8 Å². The Balaban J connectivity index is 1.55. The van der Waals surface area contributed by atoms with Crippen molar-refractivity contribution in [2.45, 2.75) is 6.92 Å². The lowest BCUT2D eigenvalue weighted by Gasteiger charge is -2.28. The summed E-state index contributed by atoms with van der Waals surface area (Å²) in [6.07, 6.45) is 1.77. The maximum absolute atomic E-state index is 5.42. The number of nitrogens with zero attached hydrogens (tertiary/aromatic N) is 4. The zero-order valence-corrected chi connectivity index (χ0v) is 15.9. The molecular formula is C21H24N6O. The highest BCUT2D eigenvalue weighted by molar-refractivity contribution is 5.66. The van der Waals surface area contributed by atoms with Crippen LogP contribution in [0.2, 0.25) is 0 Å². The van der Waals surface area contributed by atoms with Gasteiger partial charge in [-0.1, -0.05) is 6.07 Å². The monoisotopic (exact) mass is 376 g/mol. The summed E-state index contributed by atoms with van der Waals surface area (Å²) in [7, 11) is 0. The number of benzene rings is 1. The van der Waals surface area contributed by atoms with Gasteiger partial charge >= 0.3 is 0 Å². The maximum Gasteiger partial charge on any atom is 0.225 e. The summed E-state index contributed by atoms with van der Waals surface area (Å²) in [6.45, 7) is 6.19. The molecule has 1 aliphatic heterocycles. The van der Waals surface area contributed by atoms with Gasteiger partial charge in [0.25, 0.3) is 0 Å². The van der Waals surface area contributed by atoms with Gasteiger partial charge in [0.05, 0.1) is 24.6 Å². The summed E-state index contributed by atoms with van der Waals surface area (Å²) in [5.74, 6) is 1.31. The van der Waals surface area contributed by atoms with Gasteiger partial charge in [0.1, 0.15) is 5.82 Å². The average Bonchev–Trinajstić information content (AvgIpc) is 2.76. The highest BCUT2D eigenvalue weighted by Crippen LogP contribution is 2.24. The Morgan fingerprint density at radius 3 is 2.54 bits per heavy atom. The van der Waals surface area contributed by atoms with Crippen LogP contribution in [0.15, 0.2) is 54.7 Å². The molecule has 1 fully saturated rings. The molecule has 1 aliphatic rings. The number of hydrogen-bond donors (Lipinski definition) is 2. The van der Waals surface area contributed by atoms with Crippen LogP contribution < -0.4 is 15.5 Å². The Morgan fingerprint density at radius 2 is 1.82 bits per heavy atom. The number of hydrogen-bond acceptors (Lipinski definition) is 7. The van der Waals surface area contributed by atoms with E-state index in [1.807, 2.05) is 31.2 Å². The lowest BCUT2D eigenvalue weighted by molar-refractivity contribution is 0.122. The molecule has 0 radical (unpaired) electrons. The van der Waals surface area contributed by atoms with Crippen molar-refractivity contribution >= 4 is 23.1 Å². The Kier molecular flexibility index (Phi) is 5.63. The summed E-state index contributed by atoms with van der Waals surface area (Å²) in [6, 6.07) is 16.1. The molecule has 3 heterocycles. The van der Waals surface area contributed by atoms with Crippen LogP contribution in [0, 0.1) is 0 Å². The fraction of sp³-hybridized carbons (Fsp3) is 0.286. The maximum atomic E-state index is 5.42. The SMILES string of the molecule is CCNc1nc(Nc2ccc(N3CCOCC3)cc2)cc(-c2ccccn2)n1. The van der Waals surface area contributed by atoms with Crippen LogP contribution in [0.1, 0.15) is 6.92 Å². The lowest BCUT2D eigenvalue weighted by atomic mass is 10.2. The Morgan fingerprint density at radius 1 is 1.00 bits per heavy atom. The number of pyridine rings is 1. The summed E-state index contributed by atoms with van der Waals surface area (Å²) in [4.78, 5) is 15.9. The number of morpholine rings is 1. The molecule has 1 saturated heterocycles. The topological polar surface area (TPSA) is 75.2 Å². The van der Waals surface area contributed by atoms with Crippen molar-refractivity contribution in [1.29, 1.82) is 0 Å². The second kappa shape index (κ2) is 8.67. The van der Waals surface area contributed by atoms with Gasteiger partial charge in [-0.15, -0.1) is 0 Å². The fourth-order valence-electron chi connectivity index (χ4n) is 3.12. The smallest absolute Gasteiger partial charge is 0.225 e. The molecule has 1 aromatic carbocycles. The second-order valence-corrected chi connectivity index (χ2v) is 6.48. The zero-order chi connectivity index (χ0) is 19.2. The normalized spacial score (nSPS) is 14.0. The van der Waals surface area contributed by atoms with Crippen LogP contribution in [0.4, 0.5) is 23.1 Å². The van der Waals surface area contributed by atoms with Crippen LogP contribution >= 0.6 is 0 Å². The molecule has 0 atom stereocenters. The van der Waals surface area contributed by atoms with Crippen LogP contribution in [0.5, 0.6) is 0 Å². The van der Waals surface area contributed by atoms with Crippen molar-refractivity contribution in [3.05, 3.63) is 54.7 Å². The Hall–Kier alpha value is -3.19. The summed E-state index contributed by atoms with van der Waals surface area (Å²) in [5.41, 5.74) is 3.78. The minimum Gasteiger partial charge on any atom is -0.378 e. The highest BCUT2D eigenvalue weighted by atomic mass is 16.5. The van der Waals surface area contributed by atoms with E-state index in [1.165, 1.54) is 5.69 Å². The van der Waals surface area contributed by atoms with Crippen LogP contribution in [-0.4, -0.2) is 47.8 Å². The van der Waals surface area contributed by atoms with Gasteiger partial charge in [-0.3, -0.25) is 4.98 Å². The third-order valence-electron chi connectivity index (χ3n) is 4.50. The Labute approximate surface area is 164 Å². The van der Waals surface area contributed by atoms with E-state index < -0.39 is 0 Å². The number of nitrogens with one attached hydrogen (secondary N) is 2. The minimum atomic E-state index is 0.582. The molecule has 0 unspecified atom stereocenters. The van der Waals surface area contributed by atoms with Gasteiger partial charge in [0.15, 0.2) is 0 Å². The molecule has 3 aromatic rings. The molecule has 0 aliphatic carbocycles. The summed E-state index contributed by atoms with van der Waals surface area (Å²) >= 11 is 0.